The topological polar surface area (TPSA) is 54.3 Å². The SMILES string of the molecule is CN/C=C(/C)c1c(C=O)c(C(=O)N2CC3C(F)(F)C3(c3ccccc3)C2)cn1C. The van der Waals surface area contributed by atoms with Gasteiger partial charge in [0.15, 0.2) is 6.29 Å². The maximum absolute atomic E-state index is 14.6. The zero-order chi connectivity index (χ0) is 21.0. The predicted molar refractivity (Wildman–Crippen MR) is 106 cm³/mol. The number of aryl methyl sites for hydroxylation is 1. The molecule has 1 aromatic heterocycles. The van der Waals surface area contributed by atoms with Crippen LogP contribution in [0.15, 0.2) is 42.7 Å². The van der Waals surface area contributed by atoms with Gasteiger partial charge in [-0.1, -0.05) is 30.3 Å². The lowest BCUT2D eigenvalue weighted by atomic mass is 9.94. The molecule has 1 saturated heterocycles. The van der Waals surface area contributed by atoms with E-state index in [0.29, 0.717) is 17.5 Å². The minimum absolute atomic E-state index is 0.0193. The number of aromatic nitrogens is 1. The first-order valence-corrected chi connectivity index (χ1v) is 9.51. The second kappa shape index (κ2) is 6.54. The Morgan fingerprint density at radius 2 is 1.97 bits per heavy atom. The van der Waals surface area contributed by atoms with Gasteiger partial charge in [0, 0.05) is 39.6 Å². The summed E-state index contributed by atoms with van der Waals surface area (Å²) in [6.07, 6.45) is 4.01. The largest absolute Gasteiger partial charge is 0.394 e. The van der Waals surface area contributed by atoms with Crippen molar-refractivity contribution in [3.8, 4) is 0 Å². The number of halogens is 2. The number of piperidine rings is 1. The molecule has 4 rings (SSSR count). The highest BCUT2D eigenvalue weighted by molar-refractivity contribution is 6.04. The highest BCUT2D eigenvalue weighted by Crippen LogP contribution is 2.70. The summed E-state index contributed by atoms with van der Waals surface area (Å²) in [4.78, 5) is 26.5. The first-order valence-electron chi connectivity index (χ1n) is 9.51. The van der Waals surface area contributed by atoms with Crippen molar-refractivity contribution in [2.24, 2.45) is 13.0 Å². The molecule has 2 fully saturated rings. The fraction of sp³-hybridized carbons (Fsp3) is 0.364. The van der Waals surface area contributed by atoms with Crippen molar-refractivity contribution >= 4 is 17.8 Å². The van der Waals surface area contributed by atoms with E-state index in [2.05, 4.69) is 5.32 Å². The van der Waals surface area contributed by atoms with Crippen molar-refractivity contribution in [1.29, 1.82) is 0 Å². The van der Waals surface area contributed by atoms with Crippen LogP contribution in [0.5, 0.6) is 0 Å². The van der Waals surface area contributed by atoms with Crippen LogP contribution in [0.2, 0.25) is 0 Å². The molecule has 2 aromatic rings. The lowest BCUT2D eigenvalue weighted by molar-refractivity contribution is 0.0393. The van der Waals surface area contributed by atoms with E-state index in [0.717, 1.165) is 5.57 Å². The summed E-state index contributed by atoms with van der Waals surface area (Å²) in [5.41, 5.74) is 1.18. The van der Waals surface area contributed by atoms with Gasteiger partial charge in [0.2, 0.25) is 0 Å². The zero-order valence-electron chi connectivity index (χ0n) is 16.6. The predicted octanol–water partition coefficient (Wildman–Crippen LogP) is 3.08. The number of amides is 1. The number of likely N-dealkylation sites (tertiary alicyclic amines) is 1. The van der Waals surface area contributed by atoms with Gasteiger partial charge < -0.3 is 14.8 Å². The van der Waals surface area contributed by atoms with E-state index in [9.17, 15) is 18.4 Å². The smallest absolute Gasteiger partial charge is 0.265 e. The van der Waals surface area contributed by atoms with E-state index in [4.69, 9.17) is 0 Å². The second-order valence-corrected chi connectivity index (χ2v) is 7.85. The molecule has 5 nitrogen and oxygen atoms in total. The number of aldehydes is 1. The Morgan fingerprint density at radius 1 is 1.28 bits per heavy atom. The van der Waals surface area contributed by atoms with E-state index < -0.39 is 17.3 Å². The molecule has 2 atom stereocenters. The summed E-state index contributed by atoms with van der Waals surface area (Å²) >= 11 is 0. The summed E-state index contributed by atoms with van der Waals surface area (Å²) in [5, 5.41) is 2.91. The van der Waals surface area contributed by atoms with Crippen LogP contribution in [0.1, 0.15) is 38.9 Å². The molecule has 2 heterocycles. The monoisotopic (exact) mass is 399 g/mol. The Balaban J connectivity index is 1.67. The molecule has 1 N–H and O–H groups in total. The molecule has 7 heteroatoms. The average molecular weight is 399 g/mol. The number of nitrogens with zero attached hydrogens (tertiary/aromatic N) is 2. The Bertz CT molecular complexity index is 1010. The number of fused-ring (bicyclic) bond motifs is 1. The Morgan fingerprint density at radius 3 is 2.59 bits per heavy atom. The molecule has 2 aliphatic rings. The molecule has 29 heavy (non-hydrogen) atoms. The number of carbonyl (C=O) groups excluding carboxylic acids is 2. The molecule has 0 bridgehead atoms. The molecular formula is C22H23F2N3O2. The van der Waals surface area contributed by atoms with E-state index in [-0.39, 0.29) is 30.1 Å². The number of rotatable bonds is 5. The standard InChI is InChI=1S/C22H23F2N3O2/c1-14(9-25-2)19-17(12-28)16(10-26(19)3)20(29)27-11-18-21(13-27,22(18,23)24)15-7-5-4-6-8-15/h4-10,12,18,25H,11,13H2,1-3H3/b14-9-. The van der Waals surface area contributed by atoms with Gasteiger partial charge in [-0.15, -0.1) is 0 Å². The fourth-order valence-corrected chi connectivity index (χ4v) is 4.86. The van der Waals surface area contributed by atoms with Gasteiger partial charge in [-0.05, 0) is 18.1 Å². The minimum atomic E-state index is -2.83. The third-order valence-electron chi connectivity index (χ3n) is 6.27. The normalized spacial score (nSPS) is 24.9. The third kappa shape index (κ3) is 2.56. The first kappa shape index (κ1) is 19.4. The minimum Gasteiger partial charge on any atom is -0.394 e. The summed E-state index contributed by atoms with van der Waals surface area (Å²) < 4.78 is 30.9. The Kier molecular flexibility index (Phi) is 4.37. The summed E-state index contributed by atoms with van der Waals surface area (Å²) in [7, 11) is 3.51. The van der Waals surface area contributed by atoms with Gasteiger partial charge in [0.25, 0.3) is 11.8 Å². The average Bonchev–Trinajstić information content (AvgIpc) is 3.07. The molecule has 0 spiro atoms. The first-order chi connectivity index (χ1) is 13.8. The summed E-state index contributed by atoms with van der Waals surface area (Å²) in [6.45, 7) is 1.76. The molecular weight excluding hydrogens is 376 g/mol. The van der Waals surface area contributed by atoms with Crippen molar-refractivity contribution < 1.29 is 18.4 Å². The van der Waals surface area contributed by atoms with Crippen molar-refractivity contribution in [3.05, 3.63) is 65.1 Å². The maximum Gasteiger partial charge on any atom is 0.265 e. The lowest BCUT2D eigenvalue weighted by Crippen LogP contribution is -2.37. The van der Waals surface area contributed by atoms with Crippen LogP contribution in [0.3, 0.4) is 0 Å². The number of benzene rings is 1. The van der Waals surface area contributed by atoms with Gasteiger partial charge in [0.05, 0.1) is 28.2 Å². The molecule has 1 aliphatic carbocycles. The van der Waals surface area contributed by atoms with Crippen LogP contribution >= 0.6 is 0 Å². The lowest BCUT2D eigenvalue weighted by Gasteiger charge is -2.24. The number of alkyl halides is 2. The molecule has 152 valence electrons. The number of hydrogen-bond donors (Lipinski definition) is 1. The van der Waals surface area contributed by atoms with E-state index in [1.165, 1.54) is 4.90 Å². The molecule has 2 unspecified atom stereocenters. The van der Waals surface area contributed by atoms with Gasteiger partial charge in [-0.3, -0.25) is 9.59 Å². The van der Waals surface area contributed by atoms with Gasteiger partial charge in [0.1, 0.15) is 0 Å². The Hall–Kier alpha value is -2.96. The van der Waals surface area contributed by atoms with Gasteiger partial charge in [-0.2, -0.15) is 0 Å². The van der Waals surface area contributed by atoms with Crippen LogP contribution in [0.4, 0.5) is 8.78 Å². The molecule has 1 aromatic carbocycles. The molecule has 1 saturated carbocycles. The van der Waals surface area contributed by atoms with E-state index in [1.807, 2.05) is 6.92 Å². The number of carbonyl (C=O) groups is 2. The highest BCUT2D eigenvalue weighted by Gasteiger charge is 2.84. The number of nitrogens with one attached hydrogen (secondary N) is 1. The van der Waals surface area contributed by atoms with Crippen molar-refractivity contribution in [1.82, 2.24) is 14.8 Å². The van der Waals surface area contributed by atoms with Crippen LogP contribution in [0, 0.1) is 5.92 Å². The van der Waals surface area contributed by atoms with Gasteiger partial charge >= 0.3 is 0 Å². The van der Waals surface area contributed by atoms with Crippen LogP contribution in [-0.4, -0.2) is 47.7 Å². The quantitative estimate of drug-likeness (QED) is 0.787. The van der Waals surface area contributed by atoms with E-state index >= 15 is 0 Å². The highest BCUT2D eigenvalue weighted by atomic mass is 19.3. The van der Waals surface area contributed by atoms with Crippen LogP contribution in [-0.2, 0) is 12.5 Å². The maximum atomic E-state index is 14.6. The van der Waals surface area contributed by atoms with E-state index in [1.54, 1.807) is 61.4 Å². The van der Waals surface area contributed by atoms with Crippen LogP contribution < -0.4 is 5.32 Å². The molecule has 0 radical (unpaired) electrons. The van der Waals surface area contributed by atoms with Crippen molar-refractivity contribution in [3.63, 3.8) is 0 Å². The van der Waals surface area contributed by atoms with Crippen molar-refractivity contribution in [2.75, 3.05) is 20.1 Å². The fourth-order valence-electron chi connectivity index (χ4n) is 4.86. The number of allylic oxidation sites excluding steroid dienone is 1. The zero-order valence-corrected chi connectivity index (χ0v) is 16.6. The summed E-state index contributed by atoms with van der Waals surface area (Å²) in [5.74, 6) is -4.10. The third-order valence-corrected chi connectivity index (χ3v) is 6.27. The molecule has 1 amide bonds. The van der Waals surface area contributed by atoms with Crippen LogP contribution in [0.25, 0.3) is 5.57 Å². The van der Waals surface area contributed by atoms with Crippen molar-refractivity contribution in [2.45, 2.75) is 18.3 Å². The Labute approximate surface area is 168 Å². The van der Waals surface area contributed by atoms with Gasteiger partial charge in [-0.25, -0.2) is 8.78 Å². The molecule has 1 aliphatic heterocycles. The summed E-state index contributed by atoms with van der Waals surface area (Å²) in [6, 6.07) is 8.67. The second-order valence-electron chi connectivity index (χ2n) is 7.85. The number of hydrogen-bond acceptors (Lipinski definition) is 3.